The van der Waals surface area contributed by atoms with Gasteiger partial charge in [-0.25, -0.2) is 15.0 Å². The molecule has 0 saturated heterocycles. The summed E-state index contributed by atoms with van der Waals surface area (Å²) >= 11 is 12.1. The summed E-state index contributed by atoms with van der Waals surface area (Å²) in [5.74, 6) is 1.89. The standard InChI is InChI=1S/C25H23Cl2N7O/c1-3-34-21-11-17(10-20-24(27)15(2)32-33-20)6-9-19(21)31-25(34)30-12-16-4-7-18(8-5-16)35-23-14-28-22(26)13-29-23/h4-9,11,13-14H,3,10,12H2,1-2H3,(H,30,31)(H,32,33). The molecule has 0 amide bonds. The normalized spacial score (nSPS) is 11.2. The van der Waals surface area contributed by atoms with Gasteiger partial charge in [0.15, 0.2) is 0 Å². The van der Waals surface area contributed by atoms with E-state index < -0.39 is 0 Å². The summed E-state index contributed by atoms with van der Waals surface area (Å²) < 4.78 is 7.88. The molecule has 10 heteroatoms. The van der Waals surface area contributed by atoms with Crippen molar-refractivity contribution in [2.45, 2.75) is 33.4 Å². The van der Waals surface area contributed by atoms with E-state index in [0.29, 0.717) is 34.8 Å². The van der Waals surface area contributed by atoms with E-state index in [4.69, 9.17) is 32.9 Å². The van der Waals surface area contributed by atoms with Gasteiger partial charge < -0.3 is 14.6 Å². The Bertz CT molecular complexity index is 1460. The summed E-state index contributed by atoms with van der Waals surface area (Å²) in [5, 5.41) is 11.7. The van der Waals surface area contributed by atoms with Crippen molar-refractivity contribution in [1.82, 2.24) is 29.7 Å². The summed E-state index contributed by atoms with van der Waals surface area (Å²) in [7, 11) is 0. The van der Waals surface area contributed by atoms with Crippen molar-refractivity contribution in [3.8, 4) is 11.6 Å². The van der Waals surface area contributed by atoms with E-state index in [1.165, 1.54) is 12.4 Å². The number of aryl methyl sites for hydroxylation is 2. The van der Waals surface area contributed by atoms with Crippen LogP contribution in [0.4, 0.5) is 5.95 Å². The first kappa shape index (κ1) is 23.1. The Morgan fingerprint density at radius 1 is 1.03 bits per heavy atom. The molecule has 35 heavy (non-hydrogen) atoms. The largest absolute Gasteiger partial charge is 0.438 e. The lowest BCUT2D eigenvalue weighted by molar-refractivity contribution is 0.460. The van der Waals surface area contributed by atoms with Crippen LogP contribution in [0.3, 0.4) is 0 Å². The summed E-state index contributed by atoms with van der Waals surface area (Å²) in [6.07, 6.45) is 3.60. The highest BCUT2D eigenvalue weighted by atomic mass is 35.5. The minimum Gasteiger partial charge on any atom is -0.438 e. The topological polar surface area (TPSA) is 93.5 Å². The van der Waals surface area contributed by atoms with E-state index in [2.05, 4.69) is 49.1 Å². The molecule has 5 rings (SSSR count). The number of nitrogens with one attached hydrogen (secondary N) is 2. The fraction of sp³-hybridized carbons (Fsp3) is 0.200. The molecule has 2 N–H and O–H groups in total. The maximum absolute atomic E-state index is 6.36. The van der Waals surface area contributed by atoms with E-state index in [1.807, 2.05) is 37.3 Å². The predicted octanol–water partition coefficient (Wildman–Crippen LogP) is 6.18. The fourth-order valence-electron chi connectivity index (χ4n) is 3.84. The van der Waals surface area contributed by atoms with E-state index in [1.54, 1.807) is 0 Å². The van der Waals surface area contributed by atoms with Crippen LogP contribution in [0.1, 0.15) is 29.4 Å². The summed E-state index contributed by atoms with van der Waals surface area (Å²) in [6.45, 7) is 5.44. The molecule has 0 atom stereocenters. The third-order valence-electron chi connectivity index (χ3n) is 5.63. The van der Waals surface area contributed by atoms with Crippen LogP contribution in [0.2, 0.25) is 10.2 Å². The zero-order valence-corrected chi connectivity index (χ0v) is 20.7. The van der Waals surface area contributed by atoms with Crippen molar-refractivity contribution in [1.29, 1.82) is 0 Å². The average Bonchev–Trinajstić information content (AvgIpc) is 3.38. The SMILES string of the molecule is CCn1c(NCc2ccc(Oc3cnc(Cl)cn3)cc2)nc2ccc(Cc3n[nH]c(C)c3Cl)cc21. The van der Waals surface area contributed by atoms with Gasteiger partial charge in [-0.2, -0.15) is 5.10 Å². The number of imidazole rings is 1. The second-order valence-electron chi connectivity index (χ2n) is 8.07. The first-order chi connectivity index (χ1) is 17.0. The highest BCUT2D eigenvalue weighted by Crippen LogP contribution is 2.26. The number of ether oxygens (including phenoxy) is 1. The van der Waals surface area contributed by atoms with Crippen LogP contribution in [-0.2, 0) is 19.5 Å². The number of rotatable bonds is 8. The molecule has 0 bridgehead atoms. The Morgan fingerprint density at radius 3 is 2.51 bits per heavy atom. The minimum atomic E-state index is 0.324. The smallest absolute Gasteiger partial charge is 0.237 e. The maximum Gasteiger partial charge on any atom is 0.237 e. The number of halogens is 2. The molecule has 0 spiro atoms. The molecule has 2 aromatic carbocycles. The molecule has 5 aromatic rings. The minimum absolute atomic E-state index is 0.324. The molecular weight excluding hydrogens is 485 g/mol. The molecule has 0 aliphatic rings. The summed E-state index contributed by atoms with van der Waals surface area (Å²) in [6, 6.07) is 14.1. The van der Waals surface area contributed by atoms with Gasteiger partial charge in [-0.3, -0.25) is 5.10 Å². The molecule has 0 unspecified atom stereocenters. The monoisotopic (exact) mass is 507 g/mol. The number of benzene rings is 2. The molecule has 178 valence electrons. The molecule has 0 aliphatic heterocycles. The second kappa shape index (κ2) is 9.93. The molecule has 3 aromatic heterocycles. The predicted molar refractivity (Wildman–Crippen MR) is 137 cm³/mol. The maximum atomic E-state index is 6.36. The lowest BCUT2D eigenvalue weighted by Gasteiger charge is -2.10. The molecule has 0 aliphatic carbocycles. The molecular formula is C25H23Cl2N7O. The molecule has 8 nitrogen and oxygen atoms in total. The Balaban J connectivity index is 1.29. The summed E-state index contributed by atoms with van der Waals surface area (Å²) in [4.78, 5) is 12.9. The van der Waals surface area contributed by atoms with Crippen LogP contribution < -0.4 is 10.1 Å². The van der Waals surface area contributed by atoms with Crippen molar-refractivity contribution >= 4 is 40.2 Å². The number of hydrogen-bond donors (Lipinski definition) is 2. The molecule has 0 fully saturated rings. The number of nitrogens with zero attached hydrogens (tertiary/aromatic N) is 5. The van der Waals surface area contributed by atoms with E-state index in [9.17, 15) is 0 Å². The highest BCUT2D eigenvalue weighted by Gasteiger charge is 2.13. The molecule has 0 radical (unpaired) electrons. The van der Waals surface area contributed by atoms with Crippen molar-refractivity contribution in [3.05, 3.63) is 87.5 Å². The van der Waals surface area contributed by atoms with Crippen molar-refractivity contribution in [2.75, 3.05) is 5.32 Å². The van der Waals surface area contributed by atoms with Crippen molar-refractivity contribution in [2.24, 2.45) is 0 Å². The Morgan fingerprint density at radius 2 is 1.83 bits per heavy atom. The Labute approximate surface area is 212 Å². The van der Waals surface area contributed by atoms with Crippen molar-refractivity contribution in [3.63, 3.8) is 0 Å². The average molecular weight is 508 g/mol. The van der Waals surface area contributed by atoms with Gasteiger partial charge in [0.2, 0.25) is 11.8 Å². The lowest BCUT2D eigenvalue weighted by atomic mass is 10.1. The summed E-state index contributed by atoms with van der Waals surface area (Å²) in [5.41, 5.74) is 5.97. The highest BCUT2D eigenvalue weighted by molar-refractivity contribution is 6.31. The molecule has 0 saturated carbocycles. The van der Waals surface area contributed by atoms with E-state index >= 15 is 0 Å². The second-order valence-corrected chi connectivity index (χ2v) is 8.83. The van der Waals surface area contributed by atoms with E-state index in [-0.39, 0.29) is 0 Å². The number of aromatic amines is 1. The van der Waals surface area contributed by atoms with Crippen LogP contribution in [0.25, 0.3) is 11.0 Å². The fourth-order valence-corrected chi connectivity index (χ4v) is 4.09. The van der Waals surface area contributed by atoms with Gasteiger partial charge in [0.25, 0.3) is 0 Å². The van der Waals surface area contributed by atoms with Gasteiger partial charge in [0.05, 0.1) is 39.8 Å². The van der Waals surface area contributed by atoms with Gasteiger partial charge >= 0.3 is 0 Å². The van der Waals surface area contributed by atoms with Gasteiger partial charge in [-0.05, 0) is 49.2 Å². The first-order valence-corrected chi connectivity index (χ1v) is 11.9. The number of anilines is 1. The third-order valence-corrected chi connectivity index (χ3v) is 6.33. The zero-order valence-electron chi connectivity index (χ0n) is 19.2. The lowest BCUT2D eigenvalue weighted by Crippen LogP contribution is -2.06. The number of hydrogen-bond acceptors (Lipinski definition) is 6. The van der Waals surface area contributed by atoms with E-state index in [0.717, 1.165) is 46.0 Å². The van der Waals surface area contributed by atoms with Crippen LogP contribution >= 0.6 is 23.2 Å². The van der Waals surface area contributed by atoms with Crippen LogP contribution in [0.5, 0.6) is 11.6 Å². The number of fused-ring (bicyclic) bond motifs is 1. The Kier molecular flexibility index (Phi) is 6.57. The third kappa shape index (κ3) is 5.08. The van der Waals surface area contributed by atoms with Gasteiger partial charge in [-0.1, -0.05) is 41.4 Å². The van der Waals surface area contributed by atoms with Crippen LogP contribution in [0.15, 0.2) is 54.9 Å². The van der Waals surface area contributed by atoms with Crippen LogP contribution in [-0.4, -0.2) is 29.7 Å². The number of H-pyrrole nitrogens is 1. The van der Waals surface area contributed by atoms with Gasteiger partial charge in [0, 0.05) is 19.5 Å². The van der Waals surface area contributed by atoms with Crippen LogP contribution in [0, 0.1) is 6.92 Å². The van der Waals surface area contributed by atoms with Gasteiger partial charge in [-0.15, -0.1) is 0 Å². The van der Waals surface area contributed by atoms with Gasteiger partial charge in [0.1, 0.15) is 10.9 Å². The zero-order chi connectivity index (χ0) is 24.4. The quantitative estimate of drug-likeness (QED) is 0.260. The molecule has 3 heterocycles. The van der Waals surface area contributed by atoms with Crippen molar-refractivity contribution < 1.29 is 4.74 Å². The Hall–Kier alpha value is -3.62. The number of aromatic nitrogens is 6. The first-order valence-electron chi connectivity index (χ1n) is 11.2.